The summed E-state index contributed by atoms with van der Waals surface area (Å²) in [6, 6.07) is 11.8. The van der Waals surface area contributed by atoms with Gasteiger partial charge in [-0.05, 0) is 55.0 Å². The van der Waals surface area contributed by atoms with Crippen LogP contribution in [0.2, 0.25) is 0 Å². The standard InChI is InChI=1S/C23H27N3O5S/c1-3-5-6-7-17-31-20-12-8-18(9-13-20)22(27)25-26-23(28)19-10-14-21(15-11-19)32(29,30)24-16-4-2/h2,8-15,24H,3,5-7,16-17H2,1H3,(H,25,27)(H,26,28). The van der Waals surface area contributed by atoms with Crippen LogP contribution in [0.25, 0.3) is 0 Å². The van der Waals surface area contributed by atoms with Crippen molar-refractivity contribution < 1.29 is 22.7 Å². The van der Waals surface area contributed by atoms with E-state index in [0.29, 0.717) is 17.9 Å². The summed E-state index contributed by atoms with van der Waals surface area (Å²) in [7, 11) is -3.74. The minimum atomic E-state index is -3.74. The van der Waals surface area contributed by atoms with Gasteiger partial charge in [-0.2, -0.15) is 4.72 Å². The van der Waals surface area contributed by atoms with Crippen LogP contribution in [-0.4, -0.2) is 33.4 Å². The number of unbranched alkanes of at least 4 members (excludes halogenated alkanes) is 3. The van der Waals surface area contributed by atoms with Gasteiger partial charge in [0, 0.05) is 11.1 Å². The molecule has 0 fully saturated rings. The van der Waals surface area contributed by atoms with Crippen LogP contribution in [0.15, 0.2) is 53.4 Å². The number of hydrogen-bond donors (Lipinski definition) is 3. The molecule has 2 amide bonds. The van der Waals surface area contributed by atoms with Gasteiger partial charge in [-0.25, -0.2) is 8.42 Å². The molecule has 0 bridgehead atoms. The van der Waals surface area contributed by atoms with Crippen molar-refractivity contribution in [2.45, 2.75) is 37.5 Å². The summed E-state index contributed by atoms with van der Waals surface area (Å²) >= 11 is 0. The van der Waals surface area contributed by atoms with E-state index in [-0.39, 0.29) is 17.0 Å². The molecule has 170 valence electrons. The van der Waals surface area contributed by atoms with E-state index in [2.05, 4.69) is 28.4 Å². The van der Waals surface area contributed by atoms with E-state index in [9.17, 15) is 18.0 Å². The van der Waals surface area contributed by atoms with Crippen LogP contribution in [0.4, 0.5) is 0 Å². The number of sulfonamides is 1. The zero-order chi connectivity index (χ0) is 23.4. The maximum absolute atomic E-state index is 12.2. The van der Waals surface area contributed by atoms with E-state index in [1.807, 2.05) is 0 Å². The van der Waals surface area contributed by atoms with Gasteiger partial charge in [0.25, 0.3) is 11.8 Å². The Morgan fingerprint density at radius 2 is 1.47 bits per heavy atom. The number of carbonyl (C=O) groups excluding carboxylic acids is 2. The van der Waals surface area contributed by atoms with E-state index in [4.69, 9.17) is 11.2 Å². The molecule has 0 aliphatic carbocycles. The highest BCUT2D eigenvalue weighted by Crippen LogP contribution is 2.13. The third-order valence-electron chi connectivity index (χ3n) is 4.46. The lowest BCUT2D eigenvalue weighted by atomic mass is 10.2. The quantitative estimate of drug-likeness (QED) is 0.273. The largest absolute Gasteiger partial charge is 0.494 e. The normalized spacial score (nSPS) is 10.8. The molecule has 0 radical (unpaired) electrons. The molecule has 32 heavy (non-hydrogen) atoms. The van der Waals surface area contributed by atoms with Crippen molar-refractivity contribution in [2.75, 3.05) is 13.2 Å². The minimum Gasteiger partial charge on any atom is -0.494 e. The lowest BCUT2D eigenvalue weighted by molar-refractivity contribution is 0.0846. The summed E-state index contributed by atoms with van der Waals surface area (Å²) in [5, 5.41) is 0. The highest BCUT2D eigenvalue weighted by Gasteiger charge is 2.14. The topological polar surface area (TPSA) is 114 Å². The van der Waals surface area contributed by atoms with Crippen molar-refractivity contribution >= 4 is 21.8 Å². The van der Waals surface area contributed by atoms with Gasteiger partial charge < -0.3 is 4.74 Å². The second kappa shape index (κ2) is 12.5. The molecule has 0 saturated carbocycles. The molecular formula is C23H27N3O5S. The molecule has 0 aliphatic heterocycles. The second-order valence-corrected chi connectivity index (χ2v) is 8.66. The molecule has 0 aliphatic rings. The Morgan fingerprint density at radius 3 is 2.00 bits per heavy atom. The first-order valence-electron chi connectivity index (χ1n) is 10.2. The number of rotatable bonds is 11. The number of benzene rings is 2. The van der Waals surface area contributed by atoms with Crippen LogP contribution in [0.5, 0.6) is 5.75 Å². The molecule has 0 unspecified atom stereocenters. The predicted octanol–water partition coefficient (Wildman–Crippen LogP) is 2.63. The SMILES string of the molecule is C#CCNS(=O)(=O)c1ccc(C(=O)NNC(=O)c2ccc(OCCCCCC)cc2)cc1. The summed E-state index contributed by atoms with van der Waals surface area (Å²) in [6.07, 6.45) is 9.50. The van der Waals surface area contributed by atoms with Gasteiger partial charge >= 0.3 is 0 Å². The van der Waals surface area contributed by atoms with Crippen LogP contribution in [0.1, 0.15) is 53.3 Å². The molecule has 8 nitrogen and oxygen atoms in total. The van der Waals surface area contributed by atoms with Crippen molar-refractivity contribution in [2.24, 2.45) is 0 Å². The van der Waals surface area contributed by atoms with Gasteiger partial charge in [-0.3, -0.25) is 20.4 Å². The fourth-order valence-corrected chi connectivity index (χ4v) is 3.62. The maximum atomic E-state index is 12.2. The first kappa shape index (κ1) is 24.9. The van der Waals surface area contributed by atoms with Gasteiger partial charge in [0.05, 0.1) is 18.0 Å². The van der Waals surface area contributed by atoms with Crippen LogP contribution in [-0.2, 0) is 10.0 Å². The maximum Gasteiger partial charge on any atom is 0.269 e. The molecule has 0 saturated heterocycles. The number of ether oxygens (including phenoxy) is 1. The third-order valence-corrected chi connectivity index (χ3v) is 5.88. The Hall–Kier alpha value is -3.35. The van der Waals surface area contributed by atoms with E-state index in [1.165, 1.54) is 30.7 Å². The summed E-state index contributed by atoms with van der Waals surface area (Å²) in [6.45, 7) is 2.64. The second-order valence-electron chi connectivity index (χ2n) is 6.89. The fourth-order valence-electron chi connectivity index (χ4n) is 2.68. The van der Waals surface area contributed by atoms with Crippen LogP contribution in [0.3, 0.4) is 0 Å². The molecule has 3 N–H and O–H groups in total. The highest BCUT2D eigenvalue weighted by atomic mass is 32.2. The summed E-state index contributed by atoms with van der Waals surface area (Å²) in [5.41, 5.74) is 5.15. The average molecular weight is 458 g/mol. The monoisotopic (exact) mass is 457 g/mol. The third kappa shape index (κ3) is 7.72. The zero-order valence-corrected chi connectivity index (χ0v) is 18.7. The predicted molar refractivity (Wildman–Crippen MR) is 121 cm³/mol. The molecule has 9 heteroatoms. The van der Waals surface area contributed by atoms with Gasteiger partial charge in [0.2, 0.25) is 10.0 Å². The molecular weight excluding hydrogens is 430 g/mol. The van der Waals surface area contributed by atoms with Crippen molar-refractivity contribution in [3.63, 3.8) is 0 Å². The Labute approximate surface area is 188 Å². The number of carbonyl (C=O) groups is 2. The number of terminal acetylenes is 1. The minimum absolute atomic E-state index is 0.0268. The van der Waals surface area contributed by atoms with Crippen molar-refractivity contribution in [1.82, 2.24) is 15.6 Å². The zero-order valence-electron chi connectivity index (χ0n) is 17.9. The van der Waals surface area contributed by atoms with Crippen molar-refractivity contribution in [3.05, 3.63) is 59.7 Å². The molecule has 0 aromatic heterocycles. The van der Waals surface area contributed by atoms with E-state index < -0.39 is 21.8 Å². The van der Waals surface area contributed by atoms with E-state index >= 15 is 0 Å². The number of hydrogen-bond acceptors (Lipinski definition) is 5. The molecule has 2 aromatic rings. The Balaban J connectivity index is 1.84. The van der Waals surface area contributed by atoms with Crippen LogP contribution >= 0.6 is 0 Å². The Bertz CT molecular complexity index is 1040. The molecule has 2 rings (SSSR count). The van der Waals surface area contributed by atoms with Gasteiger partial charge in [0.1, 0.15) is 5.75 Å². The highest BCUT2D eigenvalue weighted by molar-refractivity contribution is 7.89. The number of amides is 2. The van der Waals surface area contributed by atoms with E-state index in [0.717, 1.165) is 19.3 Å². The van der Waals surface area contributed by atoms with E-state index in [1.54, 1.807) is 24.3 Å². The Morgan fingerprint density at radius 1 is 0.906 bits per heavy atom. The lowest BCUT2D eigenvalue weighted by Gasteiger charge is -2.09. The molecule has 2 aromatic carbocycles. The van der Waals surface area contributed by atoms with Crippen molar-refractivity contribution in [1.29, 1.82) is 0 Å². The Kier molecular flexibility index (Phi) is 9.73. The molecule has 0 spiro atoms. The first-order valence-corrected chi connectivity index (χ1v) is 11.7. The van der Waals surface area contributed by atoms with Crippen LogP contribution < -0.4 is 20.3 Å². The molecule has 0 heterocycles. The van der Waals surface area contributed by atoms with Crippen LogP contribution in [0, 0.1) is 12.3 Å². The fraction of sp³-hybridized carbons (Fsp3) is 0.304. The van der Waals surface area contributed by atoms with Crippen molar-refractivity contribution in [3.8, 4) is 18.1 Å². The summed E-state index contributed by atoms with van der Waals surface area (Å²) in [5.74, 6) is 1.77. The van der Waals surface area contributed by atoms with Gasteiger partial charge in [0.15, 0.2) is 0 Å². The molecule has 0 atom stereocenters. The first-order chi connectivity index (χ1) is 15.4. The lowest BCUT2D eigenvalue weighted by Crippen LogP contribution is -2.41. The number of hydrazine groups is 1. The summed E-state index contributed by atoms with van der Waals surface area (Å²) < 4.78 is 31.9. The summed E-state index contributed by atoms with van der Waals surface area (Å²) in [4.78, 5) is 24.4. The average Bonchev–Trinajstić information content (AvgIpc) is 2.81. The smallest absolute Gasteiger partial charge is 0.269 e. The number of nitrogens with one attached hydrogen (secondary N) is 3. The van der Waals surface area contributed by atoms with Gasteiger partial charge in [-0.15, -0.1) is 6.42 Å². The van der Waals surface area contributed by atoms with Gasteiger partial charge in [-0.1, -0.05) is 32.1 Å².